The van der Waals surface area contributed by atoms with E-state index < -0.39 is 0 Å². The topological polar surface area (TPSA) is 3.24 Å². The highest BCUT2D eigenvalue weighted by molar-refractivity contribution is 5.41. The van der Waals surface area contributed by atoms with E-state index in [1.165, 1.54) is 36.1 Å². The molecule has 0 bridgehead atoms. The Labute approximate surface area is 185 Å². The lowest BCUT2D eigenvalue weighted by atomic mass is 9.65. The van der Waals surface area contributed by atoms with Crippen molar-refractivity contribution in [1.29, 1.82) is 0 Å². The molecule has 0 saturated heterocycles. The van der Waals surface area contributed by atoms with Gasteiger partial charge in [0.25, 0.3) is 0 Å². The van der Waals surface area contributed by atoms with E-state index in [9.17, 15) is 0 Å². The summed E-state index contributed by atoms with van der Waals surface area (Å²) in [5.74, 6) is 2.11. The minimum Gasteiger partial charge on any atom is -0.299 e. The Hall–Kier alpha value is -1.86. The maximum absolute atomic E-state index is 4.26. The van der Waals surface area contributed by atoms with Crippen molar-refractivity contribution in [1.82, 2.24) is 4.90 Å². The zero-order chi connectivity index (χ0) is 21.9. The molecule has 1 aromatic carbocycles. The average molecular weight is 404 g/mol. The predicted molar refractivity (Wildman–Crippen MR) is 132 cm³/mol. The lowest BCUT2D eigenvalue weighted by Gasteiger charge is -2.41. The van der Waals surface area contributed by atoms with Crippen LogP contribution < -0.4 is 0 Å². The van der Waals surface area contributed by atoms with E-state index in [0.717, 1.165) is 12.3 Å². The van der Waals surface area contributed by atoms with Crippen LogP contribution in [0.25, 0.3) is 0 Å². The maximum Gasteiger partial charge on any atom is 0.0378 e. The molecule has 162 valence electrons. The zero-order valence-corrected chi connectivity index (χ0v) is 19.8. The van der Waals surface area contributed by atoms with Gasteiger partial charge in [-0.1, -0.05) is 82.3 Å². The third-order valence-corrected chi connectivity index (χ3v) is 7.55. The van der Waals surface area contributed by atoms with E-state index in [1.54, 1.807) is 0 Å². The Balaban J connectivity index is 1.93. The molecule has 30 heavy (non-hydrogen) atoms. The zero-order valence-electron chi connectivity index (χ0n) is 19.8. The summed E-state index contributed by atoms with van der Waals surface area (Å²) in [5, 5.41) is 0. The smallest absolute Gasteiger partial charge is 0.0378 e. The summed E-state index contributed by atoms with van der Waals surface area (Å²) in [6.45, 7) is 18.8. The minimum atomic E-state index is 0.0163. The number of likely N-dealkylation sites (N-methyl/N-ethyl adjacent to an activating group) is 1. The molecule has 0 aromatic heterocycles. The quantitative estimate of drug-likeness (QED) is 0.365. The van der Waals surface area contributed by atoms with Crippen molar-refractivity contribution in [3.05, 3.63) is 84.5 Å². The summed E-state index contributed by atoms with van der Waals surface area (Å²) in [6.07, 6.45) is 15.4. The van der Waals surface area contributed by atoms with Gasteiger partial charge in [0.15, 0.2) is 0 Å². The van der Waals surface area contributed by atoms with Crippen molar-refractivity contribution >= 4 is 0 Å². The highest BCUT2D eigenvalue weighted by Gasteiger charge is 2.37. The SMILES string of the molecule is C=CC1C=CC([C@](C)(CC)C(C=C)c2ccc(C(C)C)cc2)=CC1N(C)CC1CC1. The van der Waals surface area contributed by atoms with Gasteiger partial charge in [-0.05, 0) is 54.8 Å². The van der Waals surface area contributed by atoms with Crippen molar-refractivity contribution in [2.45, 2.75) is 64.8 Å². The molecule has 1 aromatic rings. The molecule has 3 unspecified atom stereocenters. The van der Waals surface area contributed by atoms with E-state index in [1.807, 2.05) is 0 Å². The van der Waals surface area contributed by atoms with Crippen molar-refractivity contribution in [2.75, 3.05) is 13.6 Å². The number of nitrogens with zero attached hydrogens (tertiary/aromatic N) is 1. The van der Waals surface area contributed by atoms with Gasteiger partial charge < -0.3 is 0 Å². The van der Waals surface area contributed by atoms with Crippen molar-refractivity contribution in [3.63, 3.8) is 0 Å². The van der Waals surface area contributed by atoms with Crippen molar-refractivity contribution in [3.8, 4) is 0 Å². The van der Waals surface area contributed by atoms with E-state index >= 15 is 0 Å². The Bertz CT molecular complexity index is 792. The van der Waals surface area contributed by atoms with Gasteiger partial charge in [0.2, 0.25) is 0 Å². The molecule has 2 aliphatic carbocycles. The van der Waals surface area contributed by atoms with Gasteiger partial charge in [0, 0.05) is 29.8 Å². The third-order valence-electron chi connectivity index (χ3n) is 7.55. The van der Waals surface area contributed by atoms with Gasteiger partial charge in [-0.25, -0.2) is 0 Å². The fourth-order valence-electron chi connectivity index (χ4n) is 4.98. The molecular formula is C29H41N. The molecule has 0 radical (unpaired) electrons. The molecule has 0 heterocycles. The molecule has 0 amide bonds. The summed E-state index contributed by atoms with van der Waals surface area (Å²) < 4.78 is 0. The second kappa shape index (κ2) is 9.52. The summed E-state index contributed by atoms with van der Waals surface area (Å²) in [6, 6.07) is 9.59. The molecule has 0 N–H and O–H groups in total. The van der Waals surface area contributed by atoms with Crippen LogP contribution in [-0.4, -0.2) is 24.5 Å². The van der Waals surface area contributed by atoms with Crippen LogP contribution in [0.4, 0.5) is 0 Å². The van der Waals surface area contributed by atoms with Crippen LogP contribution in [0.3, 0.4) is 0 Å². The molecule has 0 spiro atoms. The Morgan fingerprint density at radius 1 is 1.13 bits per heavy atom. The predicted octanol–water partition coefficient (Wildman–Crippen LogP) is 7.50. The molecule has 1 nitrogen and oxygen atoms in total. The summed E-state index contributed by atoms with van der Waals surface area (Å²) >= 11 is 0. The first-order valence-electron chi connectivity index (χ1n) is 11.8. The van der Waals surface area contributed by atoms with Crippen LogP contribution in [0.2, 0.25) is 0 Å². The first kappa shape index (κ1) is 22.8. The Kier molecular flexibility index (Phi) is 7.24. The van der Waals surface area contributed by atoms with Gasteiger partial charge in [-0.3, -0.25) is 4.90 Å². The van der Waals surface area contributed by atoms with Crippen LogP contribution in [-0.2, 0) is 0 Å². The Morgan fingerprint density at radius 2 is 1.77 bits per heavy atom. The van der Waals surface area contributed by atoms with Gasteiger partial charge in [0.05, 0.1) is 0 Å². The van der Waals surface area contributed by atoms with Crippen LogP contribution in [0.5, 0.6) is 0 Å². The van der Waals surface area contributed by atoms with Crippen molar-refractivity contribution in [2.24, 2.45) is 17.3 Å². The Morgan fingerprint density at radius 3 is 2.27 bits per heavy atom. The molecule has 2 aliphatic rings. The van der Waals surface area contributed by atoms with Crippen LogP contribution in [0, 0.1) is 17.3 Å². The van der Waals surface area contributed by atoms with Gasteiger partial charge in [0.1, 0.15) is 0 Å². The second-order valence-corrected chi connectivity index (χ2v) is 9.97. The number of rotatable bonds is 10. The van der Waals surface area contributed by atoms with Crippen molar-refractivity contribution < 1.29 is 0 Å². The maximum atomic E-state index is 4.26. The normalized spacial score (nSPS) is 24.4. The molecule has 1 fully saturated rings. The summed E-state index contributed by atoms with van der Waals surface area (Å²) in [4.78, 5) is 2.55. The van der Waals surface area contributed by atoms with Crippen LogP contribution >= 0.6 is 0 Å². The van der Waals surface area contributed by atoms with Crippen LogP contribution in [0.1, 0.15) is 69.9 Å². The first-order valence-corrected chi connectivity index (χ1v) is 11.8. The van der Waals surface area contributed by atoms with E-state index in [2.05, 4.69) is 107 Å². The second-order valence-electron chi connectivity index (χ2n) is 9.97. The van der Waals surface area contributed by atoms with E-state index in [0.29, 0.717) is 17.9 Å². The lowest BCUT2D eigenvalue weighted by Crippen LogP contribution is -2.39. The largest absolute Gasteiger partial charge is 0.299 e. The average Bonchev–Trinajstić information content (AvgIpc) is 3.57. The monoisotopic (exact) mass is 403 g/mol. The highest BCUT2D eigenvalue weighted by Crippen LogP contribution is 2.48. The molecule has 1 saturated carbocycles. The summed E-state index contributed by atoms with van der Waals surface area (Å²) in [5.41, 5.74) is 4.21. The molecule has 0 aliphatic heterocycles. The third kappa shape index (κ3) is 4.72. The van der Waals surface area contributed by atoms with Crippen LogP contribution in [0.15, 0.2) is 73.4 Å². The van der Waals surface area contributed by atoms with E-state index in [4.69, 9.17) is 0 Å². The van der Waals surface area contributed by atoms with Gasteiger partial charge in [-0.15, -0.1) is 13.2 Å². The number of benzene rings is 1. The summed E-state index contributed by atoms with van der Waals surface area (Å²) in [7, 11) is 2.28. The molecule has 4 atom stereocenters. The van der Waals surface area contributed by atoms with E-state index in [-0.39, 0.29) is 11.3 Å². The first-order chi connectivity index (χ1) is 14.3. The standard InChI is InChI=1S/C29H41N/c1-8-23-17-18-26(19-28(23)30(7)20-22-11-12-22)29(6,10-3)27(9-2)25-15-13-24(14-16-25)21(4)5/h8-9,13-19,21-23,27-28H,1-2,10-12,20H2,3-7H3/t23?,27?,28?,29-/m0/s1. The number of hydrogen-bond acceptors (Lipinski definition) is 1. The molecule has 3 rings (SSSR count). The lowest BCUT2D eigenvalue weighted by molar-refractivity contribution is 0.239. The fourth-order valence-corrected chi connectivity index (χ4v) is 4.98. The molecule has 1 heteroatoms. The van der Waals surface area contributed by atoms with Gasteiger partial charge in [-0.2, -0.15) is 0 Å². The van der Waals surface area contributed by atoms with Gasteiger partial charge >= 0.3 is 0 Å². The number of hydrogen-bond donors (Lipinski definition) is 0. The molecular weight excluding hydrogens is 362 g/mol. The highest BCUT2D eigenvalue weighted by atomic mass is 15.1. The number of allylic oxidation sites excluding steroid dienone is 3. The fraction of sp³-hybridized carbons (Fsp3) is 0.517. The minimum absolute atomic E-state index is 0.0163.